The Labute approximate surface area is 194 Å². The van der Waals surface area contributed by atoms with Crippen molar-refractivity contribution in [3.63, 3.8) is 0 Å². The Morgan fingerprint density at radius 2 is 1.73 bits per heavy atom. The Morgan fingerprint density at radius 1 is 1.00 bits per heavy atom. The maximum Gasteiger partial charge on any atom is 0.339 e. The molecule has 3 aromatic carbocycles. The van der Waals surface area contributed by atoms with E-state index in [0.29, 0.717) is 5.69 Å². The van der Waals surface area contributed by atoms with Gasteiger partial charge in [-0.25, -0.2) is 4.79 Å². The minimum Gasteiger partial charge on any atom is -0.452 e. The molecule has 9 heteroatoms. The number of esters is 1. The van der Waals surface area contributed by atoms with Gasteiger partial charge in [-0.1, -0.05) is 48.9 Å². The average molecular weight is 467 g/mol. The fourth-order valence-electron chi connectivity index (χ4n) is 3.08. The SMILES string of the molecule is CCc1cccc(NC(=O)COC(=O)c2ccccc2C(=O)c2ccc(Cl)c([N+](=O)[O-])c2)c1. The molecule has 8 nitrogen and oxygen atoms in total. The van der Waals surface area contributed by atoms with E-state index in [2.05, 4.69) is 5.32 Å². The van der Waals surface area contributed by atoms with Crippen molar-refractivity contribution in [3.8, 4) is 0 Å². The molecule has 1 amide bonds. The number of hydrogen-bond donors (Lipinski definition) is 1. The van der Waals surface area contributed by atoms with Crippen LogP contribution in [0.25, 0.3) is 0 Å². The molecule has 0 atom stereocenters. The van der Waals surface area contributed by atoms with Gasteiger partial charge in [0.15, 0.2) is 12.4 Å². The van der Waals surface area contributed by atoms with Gasteiger partial charge in [0.2, 0.25) is 0 Å². The van der Waals surface area contributed by atoms with E-state index in [9.17, 15) is 24.5 Å². The number of aryl methyl sites for hydroxylation is 1. The van der Waals surface area contributed by atoms with Crippen LogP contribution in [-0.4, -0.2) is 29.2 Å². The normalized spacial score (nSPS) is 10.4. The van der Waals surface area contributed by atoms with Crippen molar-refractivity contribution in [1.29, 1.82) is 0 Å². The van der Waals surface area contributed by atoms with Crippen molar-refractivity contribution in [2.24, 2.45) is 0 Å². The van der Waals surface area contributed by atoms with E-state index in [-0.39, 0.29) is 21.7 Å². The molecule has 0 aliphatic heterocycles. The lowest BCUT2D eigenvalue weighted by Gasteiger charge is -2.10. The number of nitro benzene ring substituents is 1. The summed E-state index contributed by atoms with van der Waals surface area (Å²) in [5.41, 5.74) is 1.09. The highest BCUT2D eigenvalue weighted by molar-refractivity contribution is 6.33. The van der Waals surface area contributed by atoms with Crippen molar-refractivity contribution in [2.75, 3.05) is 11.9 Å². The Morgan fingerprint density at radius 3 is 2.42 bits per heavy atom. The number of ether oxygens (including phenoxy) is 1. The van der Waals surface area contributed by atoms with Gasteiger partial charge in [-0.05, 0) is 42.3 Å². The highest BCUT2D eigenvalue weighted by Gasteiger charge is 2.22. The zero-order chi connectivity index (χ0) is 24.0. The number of halogens is 1. The van der Waals surface area contributed by atoms with E-state index < -0.39 is 34.9 Å². The summed E-state index contributed by atoms with van der Waals surface area (Å²) in [6, 6.07) is 16.8. The molecule has 33 heavy (non-hydrogen) atoms. The van der Waals surface area contributed by atoms with E-state index in [1.807, 2.05) is 25.1 Å². The van der Waals surface area contributed by atoms with Crippen molar-refractivity contribution in [1.82, 2.24) is 0 Å². The number of nitrogens with one attached hydrogen (secondary N) is 1. The highest BCUT2D eigenvalue weighted by atomic mass is 35.5. The Kier molecular flexibility index (Phi) is 7.53. The van der Waals surface area contributed by atoms with Crippen molar-refractivity contribution < 1.29 is 24.0 Å². The fraction of sp³-hybridized carbons (Fsp3) is 0.125. The lowest BCUT2D eigenvalue weighted by molar-refractivity contribution is -0.384. The van der Waals surface area contributed by atoms with Gasteiger partial charge in [0.05, 0.1) is 10.5 Å². The second kappa shape index (κ2) is 10.5. The number of rotatable bonds is 8. The van der Waals surface area contributed by atoms with Crippen LogP contribution in [0.4, 0.5) is 11.4 Å². The highest BCUT2D eigenvalue weighted by Crippen LogP contribution is 2.27. The first-order valence-electron chi connectivity index (χ1n) is 9.93. The van der Waals surface area contributed by atoms with E-state index in [0.717, 1.165) is 18.1 Å². The molecule has 0 spiro atoms. The lowest BCUT2D eigenvalue weighted by Crippen LogP contribution is -2.22. The second-order valence-electron chi connectivity index (χ2n) is 6.98. The summed E-state index contributed by atoms with van der Waals surface area (Å²) >= 11 is 5.80. The number of carbonyl (C=O) groups excluding carboxylic acids is 3. The number of anilines is 1. The van der Waals surface area contributed by atoms with Crippen LogP contribution in [0.5, 0.6) is 0 Å². The van der Waals surface area contributed by atoms with Gasteiger partial charge in [0.1, 0.15) is 5.02 Å². The summed E-state index contributed by atoms with van der Waals surface area (Å²) in [5, 5.41) is 13.7. The van der Waals surface area contributed by atoms with Gasteiger partial charge in [-0.15, -0.1) is 0 Å². The van der Waals surface area contributed by atoms with Crippen LogP contribution >= 0.6 is 11.6 Å². The number of hydrogen-bond acceptors (Lipinski definition) is 6. The number of amides is 1. The number of nitro groups is 1. The van der Waals surface area contributed by atoms with E-state index in [1.54, 1.807) is 12.1 Å². The minimum absolute atomic E-state index is 0.0140. The molecule has 0 aliphatic carbocycles. The van der Waals surface area contributed by atoms with Crippen molar-refractivity contribution in [3.05, 3.63) is 104 Å². The molecule has 0 radical (unpaired) electrons. The summed E-state index contributed by atoms with van der Waals surface area (Å²) < 4.78 is 5.09. The Hall–Kier alpha value is -4.04. The molecule has 0 fully saturated rings. The number of ketones is 1. The van der Waals surface area contributed by atoms with Crippen molar-refractivity contribution in [2.45, 2.75) is 13.3 Å². The third-order valence-corrected chi connectivity index (χ3v) is 5.07. The van der Waals surface area contributed by atoms with Gasteiger partial charge >= 0.3 is 5.97 Å². The molecule has 0 saturated carbocycles. The van der Waals surface area contributed by atoms with Gasteiger partial charge in [-0.2, -0.15) is 0 Å². The van der Waals surface area contributed by atoms with E-state index in [1.165, 1.54) is 30.3 Å². The van der Waals surface area contributed by atoms with Gasteiger partial charge < -0.3 is 10.1 Å². The first-order valence-corrected chi connectivity index (χ1v) is 10.3. The zero-order valence-electron chi connectivity index (χ0n) is 17.5. The van der Waals surface area contributed by atoms with Crippen LogP contribution in [0.3, 0.4) is 0 Å². The molecule has 0 heterocycles. The van der Waals surface area contributed by atoms with Crippen molar-refractivity contribution >= 4 is 40.6 Å². The minimum atomic E-state index is -0.875. The van der Waals surface area contributed by atoms with Gasteiger partial charge in [0, 0.05) is 22.9 Å². The lowest BCUT2D eigenvalue weighted by atomic mass is 9.98. The number of nitrogens with zero attached hydrogens (tertiary/aromatic N) is 1. The van der Waals surface area contributed by atoms with Crippen LogP contribution in [0, 0.1) is 10.1 Å². The van der Waals surface area contributed by atoms with Crippen LogP contribution < -0.4 is 5.32 Å². The number of benzene rings is 3. The Bertz CT molecular complexity index is 1240. The molecule has 3 aromatic rings. The quantitative estimate of drug-likeness (QED) is 0.220. The summed E-state index contributed by atoms with van der Waals surface area (Å²) in [6.07, 6.45) is 0.806. The van der Waals surface area contributed by atoms with Crippen LogP contribution in [0.1, 0.15) is 38.8 Å². The molecule has 168 valence electrons. The summed E-state index contributed by atoms with van der Waals surface area (Å²) in [4.78, 5) is 48.2. The van der Waals surface area contributed by atoms with E-state index >= 15 is 0 Å². The first kappa shape index (κ1) is 23.6. The van der Waals surface area contributed by atoms with Crippen LogP contribution in [-0.2, 0) is 16.0 Å². The predicted octanol–water partition coefficient (Wildman–Crippen LogP) is 4.84. The number of carbonyl (C=O) groups is 3. The molecule has 1 N–H and O–H groups in total. The zero-order valence-corrected chi connectivity index (χ0v) is 18.3. The van der Waals surface area contributed by atoms with Crippen LogP contribution in [0.2, 0.25) is 5.02 Å². The largest absolute Gasteiger partial charge is 0.452 e. The maximum atomic E-state index is 12.9. The standard InChI is InChI=1S/C24H19ClN2O6/c1-2-15-6-5-7-17(12-15)26-22(28)14-33-24(30)19-9-4-3-8-18(19)23(29)16-10-11-20(25)21(13-16)27(31)32/h3-13H,2,14H2,1H3,(H,26,28). The molecular weight excluding hydrogens is 448 g/mol. The smallest absolute Gasteiger partial charge is 0.339 e. The monoisotopic (exact) mass is 466 g/mol. The fourth-order valence-corrected chi connectivity index (χ4v) is 3.27. The molecule has 0 aromatic heterocycles. The summed E-state index contributed by atoms with van der Waals surface area (Å²) in [7, 11) is 0. The third-order valence-electron chi connectivity index (χ3n) is 4.75. The molecule has 0 aliphatic rings. The topological polar surface area (TPSA) is 116 Å². The molecule has 0 bridgehead atoms. The molecule has 0 unspecified atom stereocenters. The molecular formula is C24H19ClN2O6. The van der Waals surface area contributed by atoms with Gasteiger partial charge in [-0.3, -0.25) is 19.7 Å². The molecule has 0 saturated heterocycles. The molecule has 3 rings (SSSR count). The van der Waals surface area contributed by atoms with E-state index in [4.69, 9.17) is 16.3 Å². The summed E-state index contributed by atoms with van der Waals surface area (Å²) in [5.74, 6) is -2.03. The second-order valence-corrected chi connectivity index (χ2v) is 7.38. The third kappa shape index (κ3) is 5.81. The van der Waals surface area contributed by atoms with Gasteiger partial charge in [0.25, 0.3) is 11.6 Å². The predicted molar refractivity (Wildman–Crippen MR) is 123 cm³/mol. The maximum absolute atomic E-state index is 12.9. The Balaban J connectivity index is 1.73. The first-order chi connectivity index (χ1) is 15.8. The van der Waals surface area contributed by atoms with Crippen LogP contribution in [0.15, 0.2) is 66.7 Å². The summed E-state index contributed by atoms with van der Waals surface area (Å²) in [6.45, 7) is 1.44. The average Bonchev–Trinajstić information content (AvgIpc) is 2.82.